The fraction of sp³-hybridized carbons (Fsp3) is 0.263. The average Bonchev–Trinajstić information content (AvgIpc) is 2.70. The third-order valence-electron chi connectivity index (χ3n) is 4.14. The summed E-state index contributed by atoms with van der Waals surface area (Å²) in [5, 5.41) is 2.45. The van der Waals surface area contributed by atoms with Gasteiger partial charge < -0.3 is 10.1 Å². The van der Waals surface area contributed by atoms with Crippen molar-refractivity contribution in [3.63, 3.8) is 0 Å². The van der Waals surface area contributed by atoms with Crippen molar-refractivity contribution in [3.8, 4) is 0 Å². The molecule has 1 amide bonds. The van der Waals surface area contributed by atoms with Crippen molar-refractivity contribution in [1.82, 2.24) is 19.9 Å². The van der Waals surface area contributed by atoms with Gasteiger partial charge >= 0.3 is 6.18 Å². The second-order valence-corrected chi connectivity index (χ2v) is 6.14. The molecular formula is C19H17F3N4O3. The Kier molecular flexibility index (Phi) is 5.92. The minimum Gasteiger partial charge on any atom is -0.383 e. The quantitative estimate of drug-likeness (QED) is 0.679. The van der Waals surface area contributed by atoms with Crippen molar-refractivity contribution in [1.29, 1.82) is 0 Å². The molecule has 2 heterocycles. The van der Waals surface area contributed by atoms with Crippen LogP contribution in [0.3, 0.4) is 0 Å². The maximum absolute atomic E-state index is 12.8. The van der Waals surface area contributed by atoms with Crippen molar-refractivity contribution in [2.75, 3.05) is 13.7 Å². The van der Waals surface area contributed by atoms with E-state index >= 15 is 0 Å². The van der Waals surface area contributed by atoms with Crippen LogP contribution >= 0.6 is 0 Å². The summed E-state index contributed by atoms with van der Waals surface area (Å²) in [4.78, 5) is 33.5. The molecule has 1 aromatic carbocycles. The predicted octanol–water partition coefficient (Wildman–Crippen LogP) is 2.39. The predicted molar refractivity (Wildman–Crippen MR) is 98.3 cm³/mol. The SMILES string of the molecule is COCCn1c(=O)c(C(=O)NCc2cccc(C(F)(F)F)c2)nc2cccnc21. The fourth-order valence-electron chi connectivity index (χ4n) is 2.74. The number of carbonyl (C=O) groups excluding carboxylic acids is 1. The summed E-state index contributed by atoms with van der Waals surface area (Å²) in [5.74, 6) is -0.788. The highest BCUT2D eigenvalue weighted by Crippen LogP contribution is 2.29. The molecule has 3 rings (SSSR count). The highest BCUT2D eigenvalue weighted by atomic mass is 19.4. The third kappa shape index (κ3) is 4.60. The number of hydrogen-bond acceptors (Lipinski definition) is 5. The van der Waals surface area contributed by atoms with E-state index in [9.17, 15) is 22.8 Å². The zero-order valence-electron chi connectivity index (χ0n) is 15.4. The fourth-order valence-corrected chi connectivity index (χ4v) is 2.74. The number of amides is 1. The van der Waals surface area contributed by atoms with E-state index in [4.69, 9.17) is 4.74 Å². The van der Waals surface area contributed by atoms with Crippen LogP contribution in [0.1, 0.15) is 21.6 Å². The van der Waals surface area contributed by atoms with Crippen LogP contribution in [-0.2, 0) is 24.0 Å². The van der Waals surface area contributed by atoms with Crippen molar-refractivity contribution < 1.29 is 22.7 Å². The summed E-state index contributed by atoms with van der Waals surface area (Å²) in [6.07, 6.45) is -2.98. The summed E-state index contributed by atoms with van der Waals surface area (Å²) < 4.78 is 44.7. The molecule has 0 bridgehead atoms. The van der Waals surface area contributed by atoms with Crippen molar-refractivity contribution >= 4 is 17.1 Å². The molecule has 0 aliphatic heterocycles. The van der Waals surface area contributed by atoms with Crippen LogP contribution < -0.4 is 10.9 Å². The minimum absolute atomic E-state index is 0.166. The number of ether oxygens (including phenoxy) is 1. The molecule has 0 aliphatic carbocycles. The second kappa shape index (κ2) is 8.39. The first-order valence-electron chi connectivity index (χ1n) is 8.60. The number of aromatic nitrogens is 3. The summed E-state index contributed by atoms with van der Waals surface area (Å²) >= 11 is 0. The molecule has 0 fully saturated rings. The molecule has 7 nitrogen and oxygen atoms in total. The molecule has 29 heavy (non-hydrogen) atoms. The van der Waals surface area contributed by atoms with Gasteiger partial charge in [-0.1, -0.05) is 12.1 Å². The molecule has 0 saturated carbocycles. The number of methoxy groups -OCH3 is 1. The number of nitrogens with one attached hydrogen (secondary N) is 1. The van der Waals surface area contributed by atoms with Gasteiger partial charge in [-0.3, -0.25) is 14.2 Å². The molecule has 0 aliphatic rings. The number of carbonyl (C=O) groups is 1. The van der Waals surface area contributed by atoms with E-state index in [-0.39, 0.29) is 31.0 Å². The van der Waals surface area contributed by atoms with Gasteiger partial charge in [0.25, 0.3) is 11.5 Å². The molecule has 0 saturated heterocycles. The van der Waals surface area contributed by atoms with Crippen LogP contribution in [-0.4, -0.2) is 34.2 Å². The first-order chi connectivity index (χ1) is 13.8. The first-order valence-corrected chi connectivity index (χ1v) is 8.60. The average molecular weight is 406 g/mol. The number of hydrogen-bond donors (Lipinski definition) is 1. The minimum atomic E-state index is -4.48. The highest BCUT2D eigenvalue weighted by molar-refractivity contribution is 5.93. The Hall–Kier alpha value is -3.27. The first kappa shape index (κ1) is 20.5. The summed E-state index contributed by atoms with van der Waals surface area (Å²) in [6.45, 7) is 0.202. The van der Waals surface area contributed by atoms with Gasteiger partial charge in [0.05, 0.1) is 18.7 Å². The topological polar surface area (TPSA) is 86.1 Å². The monoisotopic (exact) mass is 406 g/mol. The van der Waals surface area contributed by atoms with E-state index in [0.717, 1.165) is 12.1 Å². The standard InChI is InChI=1S/C19H17F3N4O3/c1-29-9-8-26-16-14(6-3-7-23-16)25-15(18(26)28)17(27)24-11-12-4-2-5-13(10-12)19(20,21)22/h2-7,10H,8-9,11H2,1H3,(H,24,27). The van der Waals surface area contributed by atoms with E-state index < -0.39 is 23.2 Å². The van der Waals surface area contributed by atoms with Gasteiger partial charge in [0.1, 0.15) is 5.52 Å². The number of benzene rings is 1. The van der Waals surface area contributed by atoms with Gasteiger partial charge in [-0.15, -0.1) is 0 Å². The molecule has 152 valence electrons. The number of halogens is 3. The van der Waals surface area contributed by atoms with Crippen molar-refractivity contribution in [2.24, 2.45) is 0 Å². The van der Waals surface area contributed by atoms with Gasteiger partial charge in [0.2, 0.25) is 0 Å². The molecule has 0 radical (unpaired) electrons. The van der Waals surface area contributed by atoms with E-state index in [2.05, 4.69) is 15.3 Å². The summed E-state index contributed by atoms with van der Waals surface area (Å²) in [6, 6.07) is 7.80. The van der Waals surface area contributed by atoms with Crippen LogP contribution in [0.5, 0.6) is 0 Å². The van der Waals surface area contributed by atoms with E-state index in [1.807, 2.05) is 0 Å². The molecule has 0 spiro atoms. The summed E-state index contributed by atoms with van der Waals surface area (Å²) in [5.41, 5.74) is -0.948. The molecule has 3 aromatic rings. The van der Waals surface area contributed by atoms with Crippen molar-refractivity contribution in [3.05, 3.63) is 69.8 Å². The maximum Gasteiger partial charge on any atom is 0.416 e. The lowest BCUT2D eigenvalue weighted by Crippen LogP contribution is -2.35. The molecule has 0 atom stereocenters. The van der Waals surface area contributed by atoms with Gasteiger partial charge in [0.15, 0.2) is 11.3 Å². The molecular weight excluding hydrogens is 389 g/mol. The summed E-state index contributed by atoms with van der Waals surface area (Å²) in [7, 11) is 1.48. The third-order valence-corrected chi connectivity index (χ3v) is 4.14. The van der Waals surface area contributed by atoms with Crippen LogP contribution in [0.25, 0.3) is 11.2 Å². The normalized spacial score (nSPS) is 11.6. The lowest BCUT2D eigenvalue weighted by atomic mass is 10.1. The Bertz CT molecular complexity index is 1100. The molecule has 0 unspecified atom stereocenters. The Morgan fingerprint density at radius 2 is 2.03 bits per heavy atom. The maximum atomic E-state index is 12.8. The lowest BCUT2D eigenvalue weighted by Gasteiger charge is -2.12. The number of alkyl halides is 3. The lowest BCUT2D eigenvalue weighted by molar-refractivity contribution is -0.137. The van der Waals surface area contributed by atoms with Crippen LogP contribution in [0, 0.1) is 0 Å². The van der Waals surface area contributed by atoms with Gasteiger partial charge in [-0.25, -0.2) is 9.97 Å². The van der Waals surface area contributed by atoms with Gasteiger partial charge in [-0.2, -0.15) is 13.2 Å². The van der Waals surface area contributed by atoms with Gasteiger partial charge in [-0.05, 0) is 29.8 Å². The van der Waals surface area contributed by atoms with Crippen LogP contribution in [0.2, 0.25) is 0 Å². The Morgan fingerprint density at radius 1 is 1.24 bits per heavy atom. The Balaban J connectivity index is 1.88. The Morgan fingerprint density at radius 3 is 2.76 bits per heavy atom. The zero-order valence-corrected chi connectivity index (χ0v) is 15.4. The number of fused-ring (bicyclic) bond motifs is 1. The number of rotatable bonds is 6. The van der Waals surface area contributed by atoms with Crippen LogP contribution in [0.15, 0.2) is 47.4 Å². The largest absolute Gasteiger partial charge is 0.416 e. The zero-order chi connectivity index (χ0) is 21.0. The molecule has 1 N–H and O–H groups in total. The smallest absolute Gasteiger partial charge is 0.383 e. The molecule has 2 aromatic heterocycles. The number of pyridine rings is 1. The van der Waals surface area contributed by atoms with E-state index in [0.29, 0.717) is 11.2 Å². The Labute approximate surface area is 163 Å². The van der Waals surface area contributed by atoms with E-state index in [1.54, 1.807) is 12.1 Å². The number of nitrogens with zero attached hydrogens (tertiary/aromatic N) is 3. The van der Waals surface area contributed by atoms with E-state index in [1.165, 1.54) is 30.0 Å². The highest BCUT2D eigenvalue weighted by Gasteiger charge is 2.30. The van der Waals surface area contributed by atoms with Gasteiger partial charge in [0, 0.05) is 19.9 Å². The second-order valence-electron chi connectivity index (χ2n) is 6.14. The van der Waals surface area contributed by atoms with Crippen LogP contribution in [0.4, 0.5) is 13.2 Å². The van der Waals surface area contributed by atoms with Crippen molar-refractivity contribution in [2.45, 2.75) is 19.3 Å². The molecule has 10 heteroatoms.